The number of carbonyl (C=O) groups excluding carboxylic acids is 2. The number of hydrogen-bond donors (Lipinski definition) is 3. The molecule has 0 unspecified atom stereocenters. The summed E-state index contributed by atoms with van der Waals surface area (Å²) in [5.74, 6) is -1.14. The molecule has 2 atom stereocenters. The fraction of sp³-hybridized carbons (Fsp3) is 0.812. The molecular weight excluding hydrogens is 344 g/mol. The first-order chi connectivity index (χ1) is 11.8. The van der Waals surface area contributed by atoms with Crippen molar-refractivity contribution >= 4 is 21.8 Å². The van der Waals surface area contributed by atoms with E-state index < -0.39 is 33.8 Å². The van der Waals surface area contributed by atoms with E-state index in [1.54, 1.807) is 0 Å². The first-order valence-corrected chi connectivity index (χ1v) is 10.3. The van der Waals surface area contributed by atoms with Gasteiger partial charge < -0.3 is 10.6 Å². The van der Waals surface area contributed by atoms with Crippen LogP contribution < -0.4 is 15.4 Å². The molecule has 9 heteroatoms. The predicted octanol–water partition coefficient (Wildman–Crippen LogP) is 0.409. The normalized spacial score (nSPS) is 18.0. The van der Waals surface area contributed by atoms with E-state index in [9.17, 15) is 23.3 Å². The SMILES string of the molecule is CC[C@@H](C[C@@H](C#N)NC(=O)CNS(=O)(=O)C1CCCCC1)C(=O)NC. The Balaban J connectivity index is 2.50. The molecule has 0 aromatic rings. The van der Waals surface area contributed by atoms with Crippen molar-refractivity contribution in [2.24, 2.45) is 5.92 Å². The van der Waals surface area contributed by atoms with Crippen molar-refractivity contribution in [3.8, 4) is 6.07 Å². The number of hydrogen-bond acceptors (Lipinski definition) is 5. The quantitative estimate of drug-likeness (QED) is 0.540. The zero-order valence-corrected chi connectivity index (χ0v) is 15.7. The number of nitriles is 1. The largest absolute Gasteiger partial charge is 0.359 e. The van der Waals surface area contributed by atoms with Gasteiger partial charge in [0, 0.05) is 13.0 Å². The van der Waals surface area contributed by atoms with Gasteiger partial charge in [-0.15, -0.1) is 0 Å². The minimum atomic E-state index is -3.52. The Morgan fingerprint density at radius 2 is 1.88 bits per heavy atom. The molecule has 0 heterocycles. The summed E-state index contributed by atoms with van der Waals surface area (Å²) in [5.41, 5.74) is 0. The van der Waals surface area contributed by atoms with Gasteiger partial charge in [-0.05, 0) is 25.7 Å². The molecule has 2 amide bonds. The van der Waals surface area contributed by atoms with Crippen LogP contribution in [0.2, 0.25) is 0 Å². The van der Waals surface area contributed by atoms with Gasteiger partial charge in [0.25, 0.3) is 0 Å². The molecule has 0 bridgehead atoms. The average molecular weight is 372 g/mol. The molecule has 142 valence electrons. The lowest BCUT2D eigenvalue weighted by Gasteiger charge is -2.22. The summed E-state index contributed by atoms with van der Waals surface area (Å²) >= 11 is 0. The minimum absolute atomic E-state index is 0.185. The third-order valence-electron chi connectivity index (χ3n) is 4.55. The van der Waals surface area contributed by atoms with Crippen molar-refractivity contribution in [1.29, 1.82) is 5.26 Å². The Labute approximate surface area is 149 Å². The van der Waals surface area contributed by atoms with Crippen molar-refractivity contribution in [2.75, 3.05) is 13.6 Å². The number of carbonyl (C=O) groups is 2. The van der Waals surface area contributed by atoms with Crippen LogP contribution in [0, 0.1) is 17.2 Å². The molecule has 0 aromatic heterocycles. The van der Waals surface area contributed by atoms with Crippen LogP contribution in [-0.4, -0.2) is 45.1 Å². The highest BCUT2D eigenvalue weighted by Gasteiger charge is 2.28. The van der Waals surface area contributed by atoms with Gasteiger partial charge in [-0.25, -0.2) is 13.1 Å². The van der Waals surface area contributed by atoms with Gasteiger partial charge in [0.2, 0.25) is 21.8 Å². The maximum absolute atomic E-state index is 12.2. The van der Waals surface area contributed by atoms with Crippen LogP contribution in [0.5, 0.6) is 0 Å². The zero-order chi connectivity index (χ0) is 18.9. The van der Waals surface area contributed by atoms with Crippen LogP contribution in [0.15, 0.2) is 0 Å². The van der Waals surface area contributed by atoms with Gasteiger partial charge in [-0.2, -0.15) is 5.26 Å². The van der Waals surface area contributed by atoms with E-state index in [0.717, 1.165) is 19.3 Å². The van der Waals surface area contributed by atoms with Crippen molar-refractivity contribution in [2.45, 2.75) is 63.2 Å². The second-order valence-electron chi connectivity index (χ2n) is 6.33. The van der Waals surface area contributed by atoms with Gasteiger partial charge in [-0.1, -0.05) is 26.2 Å². The third-order valence-corrected chi connectivity index (χ3v) is 6.44. The van der Waals surface area contributed by atoms with Crippen LogP contribution in [0.3, 0.4) is 0 Å². The van der Waals surface area contributed by atoms with Gasteiger partial charge in [0.1, 0.15) is 6.04 Å². The highest BCUT2D eigenvalue weighted by atomic mass is 32.2. The number of rotatable bonds is 9. The van der Waals surface area contributed by atoms with Gasteiger partial charge >= 0.3 is 0 Å². The lowest BCUT2D eigenvalue weighted by Crippen LogP contribution is -2.45. The molecule has 1 rings (SSSR count). The lowest BCUT2D eigenvalue weighted by molar-refractivity contribution is -0.125. The standard InChI is InChI=1S/C16H28N4O4S/c1-3-12(16(22)18-2)9-13(10-17)20-15(21)11-19-25(23,24)14-7-5-4-6-8-14/h12-14,19H,3-9,11H2,1-2H3,(H,18,22)(H,20,21)/t12-,13-/m0/s1. The van der Waals surface area contributed by atoms with Gasteiger partial charge in [-0.3, -0.25) is 9.59 Å². The Bertz CT molecular complexity index is 594. The molecule has 0 radical (unpaired) electrons. The molecule has 1 fully saturated rings. The summed E-state index contributed by atoms with van der Waals surface area (Å²) in [5, 5.41) is 13.7. The average Bonchev–Trinajstić information content (AvgIpc) is 2.63. The molecule has 3 N–H and O–H groups in total. The fourth-order valence-corrected chi connectivity index (χ4v) is 4.52. The first kappa shape index (κ1) is 21.4. The third kappa shape index (κ3) is 7.00. The summed E-state index contributed by atoms with van der Waals surface area (Å²) in [4.78, 5) is 23.6. The zero-order valence-electron chi connectivity index (χ0n) is 14.9. The van der Waals surface area contributed by atoms with E-state index in [-0.39, 0.29) is 18.2 Å². The Hall–Kier alpha value is -1.66. The van der Waals surface area contributed by atoms with E-state index in [1.165, 1.54) is 7.05 Å². The Morgan fingerprint density at radius 1 is 1.24 bits per heavy atom. The van der Waals surface area contributed by atoms with Gasteiger partial charge in [0.05, 0.1) is 17.9 Å². The molecule has 1 saturated carbocycles. The second-order valence-corrected chi connectivity index (χ2v) is 8.38. The molecule has 25 heavy (non-hydrogen) atoms. The van der Waals surface area contributed by atoms with E-state index in [2.05, 4.69) is 15.4 Å². The van der Waals surface area contributed by atoms with Gasteiger partial charge in [0.15, 0.2) is 0 Å². The van der Waals surface area contributed by atoms with Crippen molar-refractivity contribution in [1.82, 2.24) is 15.4 Å². The van der Waals surface area contributed by atoms with E-state index in [4.69, 9.17) is 0 Å². The van der Waals surface area contributed by atoms with Crippen LogP contribution in [0.4, 0.5) is 0 Å². The summed E-state index contributed by atoms with van der Waals surface area (Å²) in [6.07, 6.45) is 4.76. The lowest BCUT2D eigenvalue weighted by atomic mass is 9.97. The topological polar surface area (TPSA) is 128 Å². The van der Waals surface area contributed by atoms with E-state index >= 15 is 0 Å². The number of sulfonamides is 1. The second kappa shape index (κ2) is 10.4. The molecule has 0 aliphatic heterocycles. The maximum Gasteiger partial charge on any atom is 0.236 e. The summed E-state index contributed by atoms with van der Waals surface area (Å²) in [7, 11) is -2.01. The molecule has 0 saturated heterocycles. The monoisotopic (exact) mass is 372 g/mol. The molecular formula is C16H28N4O4S. The summed E-state index contributed by atoms with van der Waals surface area (Å²) in [6, 6.07) is 1.11. The van der Waals surface area contributed by atoms with E-state index in [1.807, 2.05) is 13.0 Å². The minimum Gasteiger partial charge on any atom is -0.359 e. The predicted molar refractivity (Wildman–Crippen MR) is 93.8 cm³/mol. The van der Waals surface area contributed by atoms with Crippen LogP contribution >= 0.6 is 0 Å². The van der Waals surface area contributed by atoms with Crippen molar-refractivity contribution in [3.05, 3.63) is 0 Å². The summed E-state index contributed by atoms with van der Waals surface area (Å²) < 4.78 is 26.7. The smallest absolute Gasteiger partial charge is 0.236 e. The molecule has 0 aromatic carbocycles. The number of nitrogens with one attached hydrogen (secondary N) is 3. The van der Waals surface area contributed by atoms with Crippen molar-refractivity contribution in [3.63, 3.8) is 0 Å². The first-order valence-electron chi connectivity index (χ1n) is 8.73. The fourth-order valence-electron chi connectivity index (χ4n) is 3.00. The van der Waals surface area contributed by atoms with Crippen LogP contribution in [0.25, 0.3) is 0 Å². The maximum atomic E-state index is 12.2. The number of nitrogens with zero attached hydrogens (tertiary/aromatic N) is 1. The van der Waals surface area contributed by atoms with Crippen LogP contribution in [0.1, 0.15) is 51.9 Å². The van der Waals surface area contributed by atoms with Crippen molar-refractivity contribution < 1.29 is 18.0 Å². The highest BCUT2D eigenvalue weighted by Crippen LogP contribution is 2.22. The Kier molecular flexibility index (Phi) is 8.86. The number of amides is 2. The highest BCUT2D eigenvalue weighted by molar-refractivity contribution is 7.90. The molecule has 1 aliphatic carbocycles. The molecule has 1 aliphatic rings. The summed E-state index contributed by atoms with van der Waals surface area (Å²) in [6.45, 7) is 1.43. The Morgan fingerprint density at radius 3 is 2.40 bits per heavy atom. The van der Waals surface area contributed by atoms with E-state index in [0.29, 0.717) is 19.3 Å². The molecule has 8 nitrogen and oxygen atoms in total. The molecule has 0 spiro atoms. The van der Waals surface area contributed by atoms with Crippen LogP contribution in [-0.2, 0) is 19.6 Å².